The van der Waals surface area contributed by atoms with Crippen molar-refractivity contribution in [3.8, 4) is 0 Å². The van der Waals surface area contributed by atoms with E-state index in [9.17, 15) is 10.2 Å². The van der Waals surface area contributed by atoms with E-state index in [-0.39, 0.29) is 12.4 Å². The molecule has 2 aromatic heterocycles. The number of aliphatic hydroxyl groups is 2. The molecule has 4 atom stereocenters. The average molecular weight is 388 g/mol. The Labute approximate surface area is 140 Å². The lowest BCUT2D eigenvalue weighted by atomic mass is 10.1. The number of imidazole rings is 1. The Kier molecular flexibility index (Phi) is 4.78. The smallest absolute Gasteiger partial charge is 0.181 e. The summed E-state index contributed by atoms with van der Waals surface area (Å²) in [7, 11) is 0. The van der Waals surface area contributed by atoms with Crippen LogP contribution in [-0.4, -0.2) is 61.3 Å². The predicted octanol–water partition coefficient (Wildman–Crippen LogP) is 0.217. The minimum atomic E-state index is -0.958. The largest absolute Gasteiger partial charge is 0.394 e. The van der Waals surface area contributed by atoms with E-state index in [4.69, 9.17) is 15.2 Å². The first-order chi connectivity index (χ1) is 11.1. The van der Waals surface area contributed by atoms with Crippen LogP contribution >= 0.6 is 15.9 Å². The Hall–Kier alpha value is -1.33. The summed E-state index contributed by atoms with van der Waals surface area (Å²) >= 11 is 3.36. The summed E-state index contributed by atoms with van der Waals surface area (Å²) in [6.45, 7) is 2.11. The summed E-state index contributed by atoms with van der Waals surface area (Å²) in [5.74, 6) is 0.248. The molecule has 0 aromatic carbocycles. The van der Waals surface area contributed by atoms with Gasteiger partial charge in [-0.3, -0.25) is 4.57 Å². The van der Waals surface area contributed by atoms with Crippen molar-refractivity contribution < 1.29 is 19.7 Å². The highest BCUT2D eigenvalue weighted by atomic mass is 79.9. The van der Waals surface area contributed by atoms with Crippen molar-refractivity contribution in [1.82, 2.24) is 19.5 Å². The summed E-state index contributed by atoms with van der Waals surface area (Å²) in [6.07, 6.45) is -0.926. The predicted molar refractivity (Wildman–Crippen MR) is 84.5 cm³/mol. The molecule has 126 valence electrons. The topological polar surface area (TPSA) is 129 Å². The van der Waals surface area contributed by atoms with E-state index in [1.807, 2.05) is 6.92 Å². The molecule has 4 N–H and O–H groups in total. The molecule has 0 spiro atoms. The Morgan fingerprint density at radius 3 is 2.96 bits per heavy atom. The quantitative estimate of drug-likeness (QED) is 0.621. The zero-order valence-corrected chi connectivity index (χ0v) is 14.0. The normalized spacial score (nSPS) is 27.8. The second kappa shape index (κ2) is 6.65. The van der Waals surface area contributed by atoms with Crippen molar-refractivity contribution in [3.63, 3.8) is 0 Å². The average Bonchev–Trinajstić information content (AvgIpc) is 3.03. The Balaban J connectivity index is 2.05. The minimum absolute atomic E-state index is 0.248. The van der Waals surface area contributed by atoms with Crippen LogP contribution in [0.1, 0.15) is 19.6 Å². The van der Waals surface area contributed by atoms with Crippen molar-refractivity contribution in [3.05, 3.63) is 11.1 Å². The fourth-order valence-corrected chi connectivity index (χ4v) is 3.18. The van der Waals surface area contributed by atoms with Gasteiger partial charge in [-0.15, -0.1) is 0 Å². The van der Waals surface area contributed by atoms with Gasteiger partial charge < -0.3 is 25.4 Å². The van der Waals surface area contributed by atoms with E-state index in [1.165, 1.54) is 6.33 Å². The van der Waals surface area contributed by atoms with Crippen molar-refractivity contribution in [2.24, 2.45) is 0 Å². The van der Waals surface area contributed by atoms with Gasteiger partial charge in [-0.2, -0.15) is 0 Å². The molecule has 2 aromatic rings. The number of nitrogen functional groups attached to an aromatic ring is 1. The van der Waals surface area contributed by atoms with E-state index in [2.05, 4.69) is 30.9 Å². The summed E-state index contributed by atoms with van der Waals surface area (Å²) in [5, 5.41) is 19.7. The van der Waals surface area contributed by atoms with Crippen molar-refractivity contribution >= 4 is 32.9 Å². The van der Waals surface area contributed by atoms with Gasteiger partial charge in [-0.05, 0) is 22.4 Å². The Bertz CT molecular complexity index is 696. The summed E-state index contributed by atoms with van der Waals surface area (Å²) < 4.78 is 13.6. The summed E-state index contributed by atoms with van der Waals surface area (Å²) in [4.78, 5) is 12.4. The van der Waals surface area contributed by atoms with Gasteiger partial charge >= 0.3 is 0 Å². The lowest BCUT2D eigenvalue weighted by molar-refractivity contribution is -0.0713. The number of anilines is 1. The van der Waals surface area contributed by atoms with E-state index < -0.39 is 24.5 Å². The molecule has 0 aliphatic carbocycles. The van der Waals surface area contributed by atoms with Crippen LogP contribution in [0.25, 0.3) is 11.2 Å². The van der Waals surface area contributed by atoms with Crippen LogP contribution < -0.4 is 5.73 Å². The van der Waals surface area contributed by atoms with Crippen LogP contribution in [0.5, 0.6) is 0 Å². The number of fused-ring (bicyclic) bond motifs is 1. The molecule has 0 saturated carbocycles. The zero-order chi connectivity index (χ0) is 16.6. The molecular formula is C13H18BrN5O4. The molecule has 1 aliphatic rings. The third-order valence-electron chi connectivity index (χ3n) is 3.72. The second-order valence-electron chi connectivity index (χ2n) is 5.26. The van der Waals surface area contributed by atoms with E-state index in [1.54, 1.807) is 4.57 Å². The third-order valence-corrected chi connectivity index (χ3v) is 4.28. The second-order valence-corrected chi connectivity index (χ2v) is 5.96. The van der Waals surface area contributed by atoms with E-state index in [0.717, 1.165) is 6.42 Å². The van der Waals surface area contributed by atoms with E-state index >= 15 is 0 Å². The summed E-state index contributed by atoms with van der Waals surface area (Å²) in [5.41, 5.74) is 6.72. The maximum atomic E-state index is 10.3. The molecule has 1 saturated heterocycles. The lowest BCUT2D eigenvalue weighted by Crippen LogP contribution is -2.35. The monoisotopic (exact) mass is 387 g/mol. The van der Waals surface area contributed by atoms with Gasteiger partial charge in [0.25, 0.3) is 0 Å². The third kappa shape index (κ3) is 2.81. The summed E-state index contributed by atoms with van der Waals surface area (Å²) in [6, 6.07) is 0. The number of hydrogen-bond acceptors (Lipinski definition) is 8. The standard InChI is InChI=1S/C13H18BrN5O4/c1-2-3-22-9-8(21)6(4-20)23-12(9)19-11-7(18-13(19)14)10(15)16-5-17-11/h5-6,8-9,12,20-21H,2-4H2,1H3,(H2,15,16,17)/t6-,8-,9-,12-/m1/s1. The van der Waals surface area contributed by atoms with Gasteiger partial charge in [0, 0.05) is 6.61 Å². The van der Waals surface area contributed by atoms with Crippen molar-refractivity contribution in [1.29, 1.82) is 0 Å². The van der Waals surface area contributed by atoms with Crippen LogP contribution in [0.3, 0.4) is 0 Å². The number of nitrogens with zero attached hydrogens (tertiary/aromatic N) is 4. The molecule has 0 radical (unpaired) electrons. The number of aromatic nitrogens is 4. The van der Waals surface area contributed by atoms with Gasteiger partial charge in [-0.1, -0.05) is 6.92 Å². The van der Waals surface area contributed by atoms with E-state index in [0.29, 0.717) is 22.5 Å². The molecule has 0 bridgehead atoms. The lowest BCUT2D eigenvalue weighted by Gasteiger charge is -2.22. The molecule has 1 aliphatic heterocycles. The fraction of sp³-hybridized carbons (Fsp3) is 0.615. The number of rotatable bonds is 5. The first kappa shape index (κ1) is 16.5. The number of hydrogen-bond donors (Lipinski definition) is 3. The van der Waals surface area contributed by atoms with Gasteiger partial charge in [-0.25, -0.2) is 15.0 Å². The molecule has 3 rings (SSSR count). The van der Waals surface area contributed by atoms with Crippen LogP contribution in [0, 0.1) is 0 Å². The first-order valence-electron chi connectivity index (χ1n) is 7.28. The number of ether oxygens (including phenoxy) is 2. The Morgan fingerprint density at radius 1 is 1.48 bits per heavy atom. The molecule has 9 nitrogen and oxygen atoms in total. The van der Waals surface area contributed by atoms with Gasteiger partial charge in [0.15, 0.2) is 27.9 Å². The van der Waals surface area contributed by atoms with Gasteiger partial charge in [0.05, 0.1) is 6.61 Å². The highest BCUT2D eigenvalue weighted by molar-refractivity contribution is 9.10. The molecular weight excluding hydrogens is 370 g/mol. The molecule has 10 heteroatoms. The number of nitrogens with two attached hydrogens (primary N) is 1. The van der Waals surface area contributed by atoms with Crippen LogP contribution in [0.2, 0.25) is 0 Å². The zero-order valence-electron chi connectivity index (χ0n) is 12.5. The number of aliphatic hydroxyl groups excluding tert-OH is 2. The van der Waals surface area contributed by atoms with Crippen LogP contribution in [-0.2, 0) is 9.47 Å². The molecule has 0 unspecified atom stereocenters. The van der Waals surface area contributed by atoms with Gasteiger partial charge in [0.1, 0.15) is 24.6 Å². The fourth-order valence-electron chi connectivity index (χ4n) is 2.64. The van der Waals surface area contributed by atoms with Crippen molar-refractivity contribution in [2.75, 3.05) is 18.9 Å². The van der Waals surface area contributed by atoms with Gasteiger partial charge in [0.2, 0.25) is 0 Å². The molecule has 23 heavy (non-hydrogen) atoms. The highest BCUT2D eigenvalue weighted by Crippen LogP contribution is 2.36. The molecule has 3 heterocycles. The van der Waals surface area contributed by atoms with Crippen LogP contribution in [0.15, 0.2) is 11.1 Å². The molecule has 0 amide bonds. The van der Waals surface area contributed by atoms with Crippen molar-refractivity contribution in [2.45, 2.75) is 37.9 Å². The minimum Gasteiger partial charge on any atom is -0.394 e. The van der Waals surface area contributed by atoms with Crippen LogP contribution in [0.4, 0.5) is 5.82 Å². The SMILES string of the molecule is CCCO[C@@H]1[C@H](O)[C@@H](CO)O[C@H]1n1c(Br)nc2c(N)ncnc21. The molecule has 1 fully saturated rings. The maximum Gasteiger partial charge on any atom is 0.181 e. The number of halogens is 1. The first-order valence-corrected chi connectivity index (χ1v) is 8.07. The highest BCUT2D eigenvalue weighted by Gasteiger charge is 2.46. The maximum absolute atomic E-state index is 10.3. The Morgan fingerprint density at radius 2 is 2.26 bits per heavy atom.